The van der Waals surface area contributed by atoms with Crippen LogP contribution in [0.15, 0.2) is 42.9 Å². The predicted octanol–water partition coefficient (Wildman–Crippen LogP) is 3.16. The molecule has 1 amide bonds. The smallest absolute Gasteiger partial charge is 0.263 e. The van der Waals surface area contributed by atoms with Crippen LogP contribution in [0.2, 0.25) is 0 Å². The Balaban J connectivity index is 1.59. The molecule has 0 saturated carbocycles. The molecule has 26 heavy (non-hydrogen) atoms. The lowest BCUT2D eigenvalue weighted by Crippen LogP contribution is -2.43. The minimum atomic E-state index is -1.90. The molecule has 0 atom stereocenters. The second-order valence-corrected chi connectivity index (χ2v) is 6.53. The van der Waals surface area contributed by atoms with Crippen molar-refractivity contribution in [2.45, 2.75) is 25.4 Å². The Morgan fingerprint density at radius 3 is 2.81 bits per heavy atom. The van der Waals surface area contributed by atoms with Gasteiger partial charge in [0.2, 0.25) is 0 Å². The van der Waals surface area contributed by atoms with E-state index in [1.54, 1.807) is 12.4 Å². The lowest BCUT2D eigenvalue weighted by Gasteiger charge is -2.27. The van der Waals surface area contributed by atoms with Crippen molar-refractivity contribution >= 4 is 17.4 Å². The number of alkyl halides is 1. The largest absolute Gasteiger partial charge is 0.381 e. The van der Waals surface area contributed by atoms with E-state index in [0.717, 1.165) is 16.8 Å². The minimum Gasteiger partial charge on any atom is -0.381 e. The lowest BCUT2D eigenvalue weighted by atomic mass is 9.95. The Bertz CT molecular complexity index is 963. The van der Waals surface area contributed by atoms with Gasteiger partial charge < -0.3 is 14.5 Å². The number of nitrogens with zero attached hydrogens (tertiary/aromatic N) is 3. The molecule has 0 unspecified atom stereocenters. The lowest BCUT2D eigenvalue weighted by molar-refractivity contribution is -0.133. The van der Waals surface area contributed by atoms with Gasteiger partial charge in [0, 0.05) is 30.9 Å². The molecular formula is C19H19FN4O2. The summed E-state index contributed by atoms with van der Waals surface area (Å²) in [6.07, 6.45) is 5.51. The van der Waals surface area contributed by atoms with Crippen LogP contribution in [0.4, 0.5) is 10.2 Å². The Kier molecular flexibility index (Phi) is 4.16. The van der Waals surface area contributed by atoms with Gasteiger partial charge in [-0.1, -0.05) is 0 Å². The van der Waals surface area contributed by atoms with Gasteiger partial charge in [0.05, 0.1) is 19.4 Å². The number of aromatic nitrogens is 3. The van der Waals surface area contributed by atoms with Crippen LogP contribution in [0.5, 0.6) is 0 Å². The van der Waals surface area contributed by atoms with E-state index in [1.807, 2.05) is 41.8 Å². The van der Waals surface area contributed by atoms with Gasteiger partial charge in [-0.2, -0.15) is 0 Å². The highest BCUT2D eigenvalue weighted by molar-refractivity contribution is 5.96. The summed E-state index contributed by atoms with van der Waals surface area (Å²) in [4.78, 5) is 20.9. The molecule has 3 aromatic rings. The molecule has 0 spiro atoms. The van der Waals surface area contributed by atoms with Gasteiger partial charge in [-0.3, -0.25) is 9.78 Å². The Labute approximate surface area is 150 Å². The molecule has 1 aliphatic rings. The number of pyridine rings is 2. The standard InChI is InChI=1S/C19H19FN4O2/c1-13-10-14(4-7-21-13)15-2-3-17-22-16(12-24(17)11-15)23-18(25)19(20)5-8-26-9-6-19/h2-4,7,10-12H,5-6,8-9H2,1H3,(H,23,25). The summed E-state index contributed by atoms with van der Waals surface area (Å²) in [5, 5.41) is 2.60. The average Bonchev–Trinajstić information content (AvgIpc) is 3.03. The molecule has 1 aliphatic heterocycles. The molecular weight excluding hydrogens is 335 g/mol. The summed E-state index contributed by atoms with van der Waals surface area (Å²) < 4.78 is 21.6. The maximum absolute atomic E-state index is 14.7. The molecule has 134 valence electrons. The van der Waals surface area contributed by atoms with Gasteiger partial charge in [0.15, 0.2) is 11.5 Å². The summed E-state index contributed by atoms with van der Waals surface area (Å²) in [5.74, 6) is -0.323. The zero-order chi connectivity index (χ0) is 18.1. The number of rotatable bonds is 3. The van der Waals surface area contributed by atoms with E-state index >= 15 is 0 Å². The van der Waals surface area contributed by atoms with E-state index in [9.17, 15) is 9.18 Å². The van der Waals surface area contributed by atoms with Gasteiger partial charge >= 0.3 is 0 Å². The number of aryl methyl sites for hydroxylation is 1. The number of hydrogen-bond donors (Lipinski definition) is 1. The maximum atomic E-state index is 14.7. The Hall–Kier alpha value is -2.80. The molecule has 3 aromatic heterocycles. The third-order valence-corrected chi connectivity index (χ3v) is 4.61. The van der Waals surface area contributed by atoms with Gasteiger partial charge in [0.1, 0.15) is 5.65 Å². The zero-order valence-electron chi connectivity index (χ0n) is 14.4. The second kappa shape index (κ2) is 6.49. The van der Waals surface area contributed by atoms with E-state index in [1.165, 1.54) is 0 Å². The number of ether oxygens (including phenoxy) is 1. The molecule has 1 N–H and O–H groups in total. The van der Waals surface area contributed by atoms with E-state index in [0.29, 0.717) is 11.5 Å². The van der Waals surface area contributed by atoms with Crippen molar-refractivity contribution in [3.05, 3.63) is 48.5 Å². The number of fused-ring (bicyclic) bond motifs is 1. The third-order valence-electron chi connectivity index (χ3n) is 4.61. The fourth-order valence-corrected chi connectivity index (χ4v) is 3.10. The van der Waals surface area contributed by atoms with E-state index < -0.39 is 11.6 Å². The Morgan fingerprint density at radius 2 is 2.04 bits per heavy atom. The highest BCUT2D eigenvalue weighted by Crippen LogP contribution is 2.27. The van der Waals surface area contributed by atoms with Gasteiger partial charge in [-0.25, -0.2) is 9.37 Å². The van der Waals surface area contributed by atoms with Crippen LogP contribution in [0.25, 0.3) is 16.8 Å². The molecule has 4 rings (SSSR count). The van der Waals surface area contributed by atoms with E-state index in [2.05, 4.69) is 15.3 Å². The fourth-order valence-electron chi connectivity index (χ4n) is 3.10. The van der Waals surface area contributed by atoms with Gasteiger partial charge in [-0.15, -0.1) is 0 Å². The number of amides is 1. The van der Waals surface area contributed by atoms with Crippen molar-refractivity contribution in [1.82, 2.24) is 14.4 Å². The van der Waals surface area contributed by atoms with Crippen molar-refractivity contribution in [2.75, 3.05) is 18.5 Å². The van der Waals surface area contributed by atoms with Crippen molar-refractivity contribution < 1.29 is 13.9 Å². The first-order valence-corrected chi connectivity index (χ1v) is 8.53. The molecule has 1 saturated heterocycles. The minimum absolute atomic E-state index is 0.0672. The summed E-state index contributed by atoms with van der Waals surface area (Å²) in [5.41, 5.74) is 1.77. The van der Waals surface area contributed by atoms with Crippen LogP contribution >= 0.6 is 0 Å². The third kappa shape index (κ3) is 3.17. The average molecular weight is 354 g/mol. The molecule has 0 aromatic carbocycles. The van der Waals surface area contributed by atoms with Crippen LogP contribution in [-0.4, -0.2) is 39.2 Å². The Morgan fingerprint density at radius 1 is 1.23 bits per heavy atom. The number of halogens is 1. The number of carbonyl (C=O) groups excluding carboxylic acids is 1. The topological polar surface area (TPSA) is 68.5 Å². The first-order chi connectivity index (χ1) is 12.5. The predicted molar refractivity (Wildman–Crippen MR) is 95.7 cm³/mol. The zero-order valence-corrected chi connectivity index (χ0v) is 14.4. The second-order valence-electron chi connectivity index (χ2n) is 6.53. The van der Waals surface area contributed by atoms with Crippen LogP contribution in [0.3, 0.4) is 0 Å². The number of nitrogens with one attached hydrogen (secondary N) is 1. The number of hydrogen-bond acceptors (Lipinski definition) is 4. The summed E-state index contributed by atoms with van der Waals surface area (Å²) >= 11 is 0. The number of anilines is 1. The van der Waals surface area contributed by atoms with Crippen molar-refractivity contribution in [3.63, 3.8) is 0 Å². The quantitative estimate of drug-likeness (QED) is 0.784. The first-order valence-electron chi connectivity index (χ1n) is 8.53. The van der Waals surface area contributed by atoms with Gasteiger partial charge in [0.25, 0.3) is 5.91 Å². The molecule has 4 heterocycles. The van der Waals surface area contributed by atoms with Crippen molar-refractivity contribution in [2.24, 2.45) is 0 Å². The van der Waals surface area contributed by atoms with Crippen LogP contribution < -0.4 is 5.32 Å². The van der Waals surface area contributed by atoms with Crippen LogP contribution in [-0.2, 0) is 9.53 Å². The normalized spacial score (nSPS) is 16.5. The maximum Gasteiger partial charge on any atom is 0.263 e. The molecule has 7 heteroatoms. The van der Waals surface area contributed by atoms with E-state index in [4.69, 9.17) is 4.74 Å². The van der Waals surface area contributed by atoms with Crippen molar-refractivity contribution in [1.29, 1.82) is 0 Å². The summed E-state index contributed by atoms with van der Waals surface area (Å²) in [7, 11) is 0. The fraction of sp³-hybridized carbons (Fsp3) is 0.316. The molecule has 6 nitrogen and oxygen atoms in total. The van der Waals surface area contributed by atoms with Crippen LogP contribution in [0.1, 0.15) is 18.5 Å². The molecule has 0 bridgehead atoms. The molecule has 0 aliphatic carbocycles. The number of imidazole rings is 1. The molecule has 1 fully saturated rings. The van der Waals surface area contributed by atoms with Crippen molar-refractivity contribution in [3.8, 4) is 11.1 Å². The SMILES string of the molecule is Cc1cc(-c2ccc3nc(NC(=O)C4(F)CCOCC4)cn3c2)ccn1. The molecule has 0 radical (unpaired) electrons. The highest BCUT2D eigenvalue weighted by atomic mass is 19.1. The van der Waals surface area contributed by atoms with Gasteiger partial charge in [-0.05, 0) is 42.3 Å². The van der Waals surface area contributed by atoms with Crippen LogP contribution in [0, 0.1) is 6.92 Å². The first kappa shape index (κ1) is 16.7. The van der Waals surface area contributed by atoms with E-state index in [-0.39, 0.29) is 26.1 Å². The number of carbonyl (C=O) groups is 1. The monoisotopic (exact) mass is 354 g/mol. The summed E-state index contributed by atoms with van der Waals surface area (Å²) in [6, 6.07) is 7.75. The highest BCUT2D eigenvalue weighted by Gasteiger charge is 2.40. The summed E-state index contributed by atoms with van der Waals surface area (Å²) in [6.45, 7) is 2.45.